The van der Waals surface area contributed by atoms with Gasteiger partial charge >= 0.3 is 0 Å². The molecule has 0 atom stereocenters. The zero-order valence-corrected chi connectivity index (χ0v) is 17.8. The van der Waals surface area contributed by atoms with Crippen LogP contribution in [0.2, 0.25) is 0 Å². The Bertz CT molecular complexity index is 1320. The van der Waals surface area contributed by atoms with Crippen molar-refractivity contribution in [1.82, 2.24) is 0 Å². The number of terminal acetylenes is 1. The molecule has 0 nitrogen and oxygen atoms in total. The molecule has 0 heterocycles. The van der Waals surface area contributed by atoms with Crippen molar-refractivity contribution in [3.05, 3.63) is 84.4 Å². The van der Waals surface area contributed by atoms with Gasteiger partial charge in [0.15, 0.2) is 0 Å². The second-order valence-corrected chi connectivity index (χ2v) is 6.58. The van der Waals surface area contributed by atoms with Crippen LogP contribution in [0.25, 0.3) is 43.1 Å². The number of fused-ring (bicyclic) bond motifs is 6. The van der Waals surface area contributed by atoms with E-state index in [1.807, 2.05) is 27.7 Å². The Morgan fingerprint density at radius 1 is 0.552 bits per heavy atom. The minimum absolute atomic E-state index is 0.678. The molecule has 0 aliphatic heterocycles. The third-order valence-electron chi connectivity index (χ3n) is 5.07. The highest BCUT2D eigenvalue weighted by molar-refractivity contribution is 6.19. The summed E-state index contributed by atoms with van der Waals surface area (Å²) in [4.78, 5) is 0. The molecule has 5 aromatic rings. The first-order valence-electron chi connectivity index (χ1n) is 10.5. The summed E-state index contributed by atoms with van der Waals surface area (Å²) in [6, 6.07) is 28.6. The first-order chi connectivity index (χ1) is 14.3. The van der Waals surface area contributed by atoms with Gasteiger partial charge in [-0.3, -0.25) is 0 Å². The van der Waals surface area contributed by atoms with E-state index in [1.54, 1.807) is 0 Å². The summed E-state index contributed by atoms with van der Waals surface area (Å²) in [5.41, 5.74) is 1.20. The van der Waals surface area contributed by atoms with Crippen molar-refractivity contribution in [3.8, 4) is 12.3 Å². The van der Waals surface area contributed by atoms with E-state index in [4.69, 9.17) is 6.42 Å². The molecule has 0 fully saturated rings. The van der Waals surface area contributed by atoms with Crippen LogP contribution in [0.3, 0.4) is 0 Å². The molecule has 0 saturated heterocycles. The molecular formula is C29H28. The Balaban J connectivity index is 0.000000568. The summed E-state index contributed by atoms with van der Waals surface area (Å²) < 4.78 is 0. The van der Waals surface area contributed by atoms with Gasteiger partial charge in [-0.2, -0.15) is 0 Å². The van der Waals surface area contributed by atoms with Gasteiger partial charge in [-0.25, -0.2) is 0 Å². The van der Waals surface area contributed by atoms with E-state index in [0.717, 1.165) is 0 Å². The van der Waals surface area contributed by atoms with Gasteiger partial charge < -0.3 is 0 Å². The zero-order chi connectivity index (χ0) is 20.8. The normalized spacial score (nSPS) is 10.2. The molecular weight excluding hydrogens is 348 g/mol. The molecule has 144 valence electrons. The van der Waals surface area contributed by atoms with Crippen LogP contribution >= 0.6 is 0 Å². The lowest BCUT2D eigenvalue weighted by Gasteiger charge is -2.10. The molecule has 0 radical (unpaired) electrons. The quantitative estimate of drug-likeness (QED) is 0.156. The second-order valence-electron chi connectivity index (χ2n) is 6.58. The fraction of sp³-hybridized carbons (Fsp3) is 0.172. The fourth-order valence-corrected chi connectivity index (χ4v) is 3.85. The van der Waals surface area contributed by atoms with Crippen molar-refractivity contribution in [2.75, 3.05) is 0 Å². The van der Waals surface area contributed by atoms with Crippen LogP contribution in [-0.4, -0.2) is 0 Å². The minimum atomic E-state index is 0.678. The Morgan fingerprint density at radius 2 is 1.10 bits per heavy atom. The summed E-state index contributed by atoms with van der Waals surface area (Å²) in [5.74, 6) is 2.73. The third-order valence-corrected chi connectivity index (χ3v) is 5.07. The lowest BCUT2D eigenvalue weighted by atomic mass is 9.94. The maximum absolute atomic E-state index is 5.45. The average Bonchev–Trinajstić information content (AvgIpc) is 2.80. The van der Waals surface area contributed by atoms with Crippen LogP contribution in [-0.2, 0) is 6.42 Å². The number of hydrogen-bond donors (Lipinski definition) is 0. The Morgan fingerprint density at radius 3 is 1.76 bits per heavy atom. The molecule has 0 aliphatic carbocycles. The molecule has 0 aromatic heterocycles. The van der Waals surface area contributed by atoms with Gasteiger partial charge in [0.25, 0.3) is 0 Å². The first-order valence-corrected chi connectivity index (χ1v) is 10.5. The van der Waals surface area contributed by atoms with E-state index in [-0.39, 0.29) is 0 Å². The highest BCUT2D eigenvalue weighted by Gasteiger charge is 2.06. The van der Waals surface area contributed by atoms with Gasteiger partial charge in [0.2, 0.25) is 0 Å². The summed E-state index contributed by atoms with van der Waals surface area (Å²) in [7, 11) is 0. The maximum Gasteiger partial charge on any atom is 0.0337 e. The molecule has 5 aromatic carbocycles. The van der Waals surface area contributed by atoms with Crippen LogP contribution in [0.1, 0.15) is 33.3 Å². The van der Waals surface area contributed by atoms with Gasteiger partial charge in [0.05, 0.1) is 0 Å². The highest BCUT2D eigenvalue weighted by Crippen LogP contribution is 2.33. The van der Waals surface area contributed by atoms with Gasteiger partial charge in [-0.15, -0.1) is 12.3 Å². The molecule has 0 bridgehead atoms. The van der Waals surface area contributed by atoms with E-state index in [0.29, 0.717) is 6.42 Å². The number of hydrogen-bond acceptors (Lipinski definition) is 0. The summed E-state index contributed by atoms with van der Waals surface area (Å²) >= 11 is 0. The molecule has 0 heteroatoms. The highest BCUT2D eigenvalue weighted by atomic mass is 14.1. The maximum atomic E-state index is 5.45. The lowest BCUT2D eigenvalue weighted by Crippen LogP contribution is -1.85. The Kier molecular flexibility index (Phi) is 6.53. The SMILES string of the molecule is C#CCc1ccc2c(ccc3c4cc5ccccc5cc4ccc23)c1.CC.CC. The zero-order valence-electron chi connectivity index (χ0n) is 17.8. The minimum Gasteiger partial charge on any atom is -0.120 e. The van der Waals surface area contributed by atoms with Crippen molar-refractivity contribution in [2.24, 2.45) is 0 Å². The second kappa shape index (κ2) is 9.26. The van der Waals surface area contributed by atoms with E-state index in [9.17, 15) is 0 Å². The summed E-state index contributed by atoms with van der Waals surface area (Å²) in [6.45, 7) is 8.00. The fourth-order valence-electron chi connectivity index (χ4n) is 3.85. The smallest absolute Gasteiger partial charge is 0.0337 e. The van der Waals surface area contributed by atoms with Crippen LogP contribution in [0.15, 0.2) is 78.9 Å². The van der Waals surface area contributed by atoms with Gasteiger partial charge in [0.1, 0.15) is 0 Å². The van der Waals surface area contributed by atoms with E-state index < -0.39 is 0 Å². The predicted octanol–water partition coefficient (Wildman–Crippen LogP) is 8.53. The van der Waals surface area contributed by atoms with E-state index >= 15 is 0 Å². The number of rotatable bonds is 1. The molecule has 0 spiro atoms. The van der Waals surface area contributed by atoms with Crippen molar-refractivity contribution in [1.29, 1.82) is 0 Å². The summed E-state index contributed by atoms with van der Waals surface area (Å²) in [5, 5.41) is 10.3. The van der Waals surface area contributed by atoms with Crippen LogP contribution in [0.5, 0.6) is 0 Å². The topological polar surface area (TPSA) is 0 Å². The summed E-state index contributed by atoms with van der Waals surface area (Å²) in [6.07, 6.45) is 6.13. The van der Waals surface area contributed by atoms with Crippen molar-refractivity contribution in [2.45, 2.75) is 34.1 Å². The molecule has 0 N–H and O–H groups in total. The van der Waals surface area contributed by atoms with E-state index in [2.05, 4.69) is 84.8 Å². The molecule has 29 heavy (non-hydrogen) atoms. The Labute approximate surface area is 174 Å². The van der Waals surface area contributed by atoms with Crippen molar-refractivity contribution in [3.63, 3.8) is 0 Å². The average molecular weight is 377 g/mol. The standard InChI is InChI=1S/C25H16.2C2H6/c1-2-5-17-8-11-22-20(14-17)9-13-24-23(22)12-10-21-15-18-6-3-4-7-19(18)16-25(21)24;2*1-2/h1,3-4,6-16H,5H2;2*1-2H3. The third kappa shape index (κ3) is 3.82. The monoisotopic (exact) mass is 376 g/mol. The number of benzene rings is 5. The molecule has 0 aliphatic rings. The van der Waals surface area contributed by atoms with Crippen LogP contribution < -0.4 is 0 Å². The Hall–Kier alpha value is -3.30. The van der Waals surface area contributed by atoms with Crippen LogP contribution in [0, 0.1) is 12.3 Å². The van der Waals surface area contributed by atoms with Crippen LogP contribution in [0.4, 0.5) is 0 Å². The molecule has 0 amide bonds. The van der Waals surface area contributed by atoms with Gasteiger partial charge in [-0.05, 0) is 60.8 Å². The molecule has 0 unspecified atom stereocenters. The largest absolute Gasteiger partial charge is 0.120 e. The van der Waals surface area contributed by atoms with E-state index in [1.165, 1.54) is 48.7 Å². The molecule has 5 rings (SSSR count). The molecule has 0 saturated carbocycles. The van der Waals surface area contributed by atoms with Gasteiger partial charge in [-0.1, -0.05) is 94.4 Å². The lowest BCUT2D eigenvalue weighted by molar-refractivity contribution is 1.34. The van der Waals surface area contributed by atoms with Crippen molar-refractivity contribution >= 4 is 43.1 Å². The predicted molar refractivity (Wildman–Crippen MR) is 132 cm³/mol. The van der Waals surface area contributed by atoms with Gasteiger partial charge in [0, 0.05) is 6.42 Å². The van der Waals surface area contributed by atoms with Crippen molar-refractivity contribution < 1.29 is 0 Å². The first kappa shape index (κ1) is 20.4.